The standard InChI is InChI=1S/C21H12N2O6.C14H10O.C7H3ClN2O5.C7H4N2O6/c24-21(17-12-18(22(25)26)14-19(13-17)23(27)28)29-20-10-8-16(9-11-20)7-6-15-4-2-1-3-5-15;15-14-10-8-13(9-11-14)7-6-12-4-2-1-3-5-12;8-7(11)4-1-5(9(12)13)3-6(2-4)10(14)15;10-7(11)4-1-5(8(12)13)3-6(2-4)9(14)15/h1-5,8-14H;1-5,8-11,15H;1-3H;1-3H,(H,10,11). The van der Waals surface area contributed by atoms with E-state index in [0.717, 1.165) is 65.2 Å². The summed E-state index contributed by atoms with van der Waals surface area (Å²) in [4.78, 5) is 91.7. The molecule has 0 spiro atoms. The number of nitro groups is 6. The Morgan fingerprint density at radius 2 is 0.689 bits per heavy atom. The molecule has 7 rings (SSSR count). The van der Waals surface area contributed by atoms with Crippen molar-refractivity contribution >= 4 is 62.9 Å². The van der Waals surface area contributed by atoms with Crippen molar-refractivity contribution in [2.45, 2.75) is 0 Å². The number of nitrogens with zero attached hydrogens (tertiary/aromatic N) is 6. The SMILES string of the molecule is O=C(Cl)c1cc([N+](=O)[O-])cc([N+](=O)[O-])c1.O=C(O)c1cc([N+](=O)[O-])cc([N+](=O)[O-])c1.O=C(Oc1ccc(C#Cc2ccccc2)cc1)c1cc([N+](=O)[O-])cc([N+](=O)[O-])c1.Oc1ccc(C#Cc2ccccc2)cc1. The Morgan fingerprint density at radius 3 is 0.986 bits per heavy atom. The number of ether oxygens (including phenoxy) is 1. The fourth-order valence-electron chi connectivity index (χ4n) is 5.42. The summed E-state index contributed by atoms with van der Waals surface area (Å²) in [6, 6.07) is 39.8. The number of aromatic hydroxyl groups is 1. The van der Waals surface area contributed by atoms with Crippen LogP contribution >= 0.6 is 11.6 Å². The van der Waals surface area contributed by atoms with E-state index in [9.17, 15) is 75.1 Å². The van der Waals surface area contributed by atoms with Crippen LogP contribution in [-0.4, -0.2) is 56.9 Å². The number of benzene rings is 7. The highest BCUT2D eigenvalue weighted by molar-refractivity contribution is 6.67. The molecule has 74 heavy (non-hydrogen) atoms. The number of carbonyl (C=O) groups is 3. The van der Waals surface area contributed by atoms with Crippen LogP contribution in [0.4, 0.5) is 34.1 Å². The number of halogens is 1. The second-order valence-electron chi connectivity index (χ2n) is 14.0. The number of carboxylic acid groups (broad SMARTS) is 1. The molecular formula is C49H29ClN6O18. The normalized spacial score (nSPS) is 9.58. The Bertz CT molecular complexity index is 3150. The van der Waals surface area contributed by atoms with Crippen LogP contribution in [0.15, 0.2) is 164 Å². The summed E-state index contributed by atoms with van der Waals surface area (Å²) in [5.74, 6) is 10.1. The number of carboxylic acids is 1. The van der Waals surface area contributed by atoms with E-state index < -0.39 is 86.4 Å². The van der Waals surface area contributed by atoms with Gasteiger partial charge in [0.15, 0.2) is 0 Å². The average Bonchev–Trinajstić information content (AvgIpc) is 3.38. The number of aromatic carboxylic acids is 1. The van der Waals surface area contributed by atoms with Gasteiger partial charge >= 0.3 is 11.9 Å². The van der Waals surface area contributed by atoms with Crippen molar-refractivity contribution in [3.63, 3.8) is 0 Å². The van der Waals surface area contributed by atoms with Crippen molar-refractivity contribution in [2.24, 2.45) is 0 Å². The minimum Gasteiger partial charge on any atom is -0.508 e. The zero-order valence-electron chi connectivity index (χ0n) is 37.1. The maximum absolute atomic E-state index is 12.3. The minimum atomic E-state index is -1.46. The molecule has 24 nitrogen and oxygen atoms in total. The molecule has 7 aromatic carbocycles. The summed E-state index contributed by atoms with van der Waals surface area (Å²) >= 11 is 5.07. The Hall–Kier alpha value is -11.2. The maximum Gasteiger partial charge on any atom is 0.344 e. The van der Waals surface area contributed by atoms with Crippen LogP contribution in [0.2, 0.25) is 0 Å². The molecule has 0 saturated heterocycles. The van der Waals surface area contributed by atoms with Crippen LogP contribution in [0.25, 0.3) is 0 Å². The van der Waals surface area contributed by atoms with E-state index in [4.69, 9.17) is 26.6 Å². The van der Waals surface area contributed by atoms with E-state index in [1.165, 1.54) is 12.1 Å². The van der Waals surface area contributed by atoms with Gasteiger partial charge in [0.05, 0.1) is 58.9 Å². The van der Waals surface area contributed by atoms with Gasteiger partial charge in [-0.2, -0.15) is 0 Å². The zero-order valence-corrected chi connectivity index (χ0v) is 37.8. The molecule has 0 fully saturated rings. The Kier molecular flexibility index (Phi) is 19.8. The van der Waals surface area contributed by atoms with Crippen molar-refractivity contribution < 1.29 is 58.9 Å². The third-order valence-corrected chi connectivity index (χ3v) is 9.08. The third-order valence-electron chi connectivity index (χ3n) is 8.86. The molecule has 370 valence electrons. The first-order valence-corrected chi connectivity index (χ1v) is 20.5. The molecule has 2 N–H and O–H groups in total. The van der Waals surface area contributed by atoms with Gasteiger partial charge in [-0.25, -0.2) is 9.59 Å². The van der Waals surface area contributed by atoms with E-state index in [2.05, 4.69) is 23.7 Å². The number of hydrogen-bond acceptors (Lipinski definition) is 17. The number of esters is 1. The van der Waals surface area contributed by atoms with Crippen LogP contribution in [0.1, 0.15) is 53.3 Å². The van der Waals surface area contributed by atoms with E-state index >= 15 is 0 Å². The molecule has 0 bridgehead atoms. The van der Waals surface area contributed by atoms with Crippen LogP contribution in [-0.2, 0) is 0 Å². The molecule has 0 aliphatic rings. The summed E-state index contributed by atoms with van der Waals surface area (Å²) in [5, 5.41) is 80.0. The molecule has 0 unspecified atom stereocenters. The number of hydrogen-bond donors (Lipinski definition) is 2. The van der Waals surface area contributed by atoms with Crippen LogP contribution < -0.4 is 4.74 Å². The largest absolute Gasteiger partial charge is 0.508 e. The van der Waals surface area contributed by atoms with E-state index in [1.54, 1.807) is 36.4 Å². The first-order valence-electron chi connectivity index (χ1n) is 20.1. The molecule has 0 aliphatic carbocycles. The van der Waals surface area contributed by atoms with Crippen molar-refractivity contribution in [3.8, 4) is 35.2 Å². The van der Waals surface area contributed by atoms with Gasteiger partial charge in [-0.15, -0.1) is 0 Å². The number of phenols is 1. The second-order valence-corrected chi connectivity index (χ2v) is 14.4. The number of non-ortho nitro benzene ring substituents is 6. The summed E-state index contributed by atoms with van der Waals surface area (Å²) in [6.07, 6.45) is 0. The quantitative estimate of drug-likeness (QED) is 0.0321. The summed E-state index contributed by atoms with van der Waals surface area (Å²) in [7, 11) is 0. The van der Waals surface area contributed by atoms with Gasteiger partial charge < -0.3 is 14.9 Å². The molecule has 0 saturated carbocycles. The number of rotatable bonds is 10. The lowest BCUT2D eigenvalue weighted by molar-refractivity contribution is -0.394. The summed E-state index contributed by atoms with van der Waals surface area (Å²) in [6.45, 7) is 0. The molecule has 0 atom stereocenters. The number of nitro benzene ring substituents is 6. The predicted octanol–water partition coefficient (Wildman–Crippen LogP) is 10.00. The van der Waals surface area contributed by atoms with Crippen molar-refractivity contribution in [2.75, 3.05) is 0 Å². The van der Waals surface area contributed by atoms with Gasteiger partial charge in [0.25, 0.3) is 39.4 Å². The van der Waals surface area contributed by atoms with Gasteiger partial charge in [0.1, 0.15) is 11.5 Å². The lowest BCUT2D eigenvalue weighted by Gasteiger charge is -2.04. The Labute approximate surface area is 419 Å². The molecule has 0 radical (unpaired) electrons. The first-order chi connectivity index (χ1) is 35.1. The fraction of sp³-hybridized carbons (Fsp3) is 0. The van der Waals surface area contributed by atoms with Gasteiger partial charge in [-0.3, -0.25) is 65.5 Å². The lowest BCUT2D eigenvalue weighted by Crippen LogP contribution is -2.09. The van der Waals surface area contributed by atoms with Crippen molar-refractivity contribution in [1.29, 1.82) is 0 Å². The zero-order chi connectivity index (χ0) is 54.5. The molecule has 0 heterocycles. The highest BCUT2D eigenvalue weighted by atomic mass is 35.5. The van der Waals surface area contributed by atoms with E-state index in [-0.39, 0.29) is 22.6 Å². The van der Waals surface area contributed by atoms with Gasteiger partial charge in [-0.1, -0.05) is 60.1 Å². The van der Waals surface area contributed by atoms with Crippen LogP contribution in [0, 0.1) is 84.4 Å². The smallest absolute Gasteiger partial charge is 0.344 e. The molecule has 0 amide bonds. The van der Waals surface area contributed by atoms with Crippen LogP contribution in [0.3, 0.4) is 0 Å². The Morgan fingerprint density at radius 1 is 0.405 bits per heavy atom. The molecule has 0 aromatic heterocycles. The first kappa shape index (κ1) is 55.4. The van der Waals surface area contributed by atoms with Gasteiger partial charge in [-0.05, 0) is 84.4 Å². The van der Waals surface area contributed by atoms with Crippen LogP contribution in [0.5, 0.6) is 11.5 Å². The van der Waals surface area contributed by atoms with Crippen molar-refractivity contribution in [3.05, 3.63) is 263 Å². The summed E-state index contributed by atoms with van der Waals surface area (Å²) < 4.78 is 5.16. The fourth-order valence-corrected chi connectivity index (χ4v) is 5.53. The highest BCUT2D eigenvalue weighted by Crippen LogP contribution is 2.26. The Balaban J connectivity index is 0.000000226. The predicted molar refractivity (Wildman–Crippen MR) is 261 cm³/mol. The number of carbonyl (C=O) groups excluding carboxylic acids is 2. The minimum absolute atomic E-state index is 0.175. The highest BCUT2D eigenvalue weighted by Gasteiger charge is 2.22. The maximum atomic E-state index is 12.3. The topological polar surface area (TPSA) is 360 Å². The monoisotopic (exact) mass is 1020 g/mol. The van der Waals surface area contributed by atoms with E-state index in [1.807, 2.05) is 60.7 Å². The number of phenolic OH excluding ortho intramolecular Hbond substituents is 1. The molecular weight excluding hydrogens is 996 g/mol. The van der Waals surface area contributed by atoms with Gasteiger partial charge in [0, 0.05) is 64.2 Å². The average molecular weight is 1030 g/mol. The molecule has 7 aromatic rings. The summed E-state index contributed by atoms with van der Waals surface area (Å²) in [5.41, 5.74) is -1.11. The van der Waals surface area contributed by atoms with Gasteiger partial charge in [0.2, 0.25) is 0 Å². The van der Waals surface area contributed by atoms with Crippen molar-refractivity contribution in [1.82, 2.24) is 0 Å². The second kappa shape index (κ2) is 26.5. The van der Waals surface area contributed by atoms with E-state index in [0.29, 0.717) is 11.6 Å². The third kappa shape index (κ3) is 17.7. The molecule has 25 heteroatoms. The lowest BCUT2D eigenvalue weighted by atomic mass is 10.1. The molecule has 0 aliphatic heterocycles.